The normalized spacial score (nSPS) is 15.4. The molecule has 1 aliphatic heterocycles. The highest BCUT2D eigenvalue weighted by atomic mass is 35.5. The molecule has 0 bridgehead atoms. The van der Waals surface area contributed by atoms with Gasteiger partial charge in [-0.2, -0.15) is 0 Å². The van der Waals surface area contributed by atoms with E-state index >= 15 is 0 Å². The third-order valence-electron chi connectivity index (χ3n) is 5.87. The number of nitrogens with one attached hydrogen (secondary N) is 1. The van der Waals surface area contributed by atoms with Gasteiger partial charge < -0.3 is 28.5 Å². The second-order valence-electron chi connectivity index (χ2n) is 7.64. The van der Waals surface area contributed by atoms with Crippen LogP contribution in [0, 0.1) is 6.92 Å². The van der Waals surface area contributed by atoms with Gasteiger partial charge in [0.25, 0.3) is 5.91 Å². The van der Waals surface area contributed by atoms with Crippen molar-refractivity contribution >= 4 is 45.2 Å². The van der Waals surface area contributed by atoms with Crippen LogP contribution >= 0.6 is 11.6 Å². The number of oxazole rings is 1. The molecule has 0 saturated heterocycles. The molecule has 0 fully saturated rings. The summed E-state index contributed by atoms with van der Waals surface area (Å²) in [6.45, 7) is 2.27. The molecule has 1 N–H and O–H groups in total. The molecule has 166 valence electrons. The van der Waals surface area contributed by atoms with Gasteiger partial charge in [0.2, 0.25) is 5.75 Å². The summed E-state index contributed by atoms with van der Waals surface area (Å²) >= 11 is 6.28. The number of benzene rings is 2. The number of anilines is 1. The van der Waals surface area contributed by atoms with Crippen LogP contribution in [0.4, 0.5) is 5.69 Å². The van der Waals surface area contributed by atoms with Crippen molar-refractivity contribution in [2.24, 2.45) is 0 Å². The SMILES string of the molecule is COc1cc2cc(C(=O)N3CC(CCl)c4c3ccc3oc(C)nc43)[nH]c2c(OC)c1OC. The van der Waals surface area contributed by atoms with Crippen LogP contribution in [-0.2, 0) is 0 Å². The molecule has 0 radical (unpaired) electrons. The van der Waals surface area contributed by atoms with Gasteiger partial charge in [-0.05, 0) is 24.3 Å². The van der Waals surface area contributed by atoms with Crippen molar-refractivity contribution in [3.63, 3.8) is 0 Å². The molecule has 8 nitrogen and oxygen atoms in total. The highest BCUT2D eigenvalue weighted by Crippen LogP contribution is 2.45. The summed E-state index contributed by atoms with van der Waals surface area (Å²) in [7, 11) is 4.65. The molecule has 0 aliphatic carbocycles. The number of fused-ring (bicyclic) bond motifs is 4. The van der Waals surface area contributed by atoms with E-state index in [0.29, 0.717) is 52.4 Å². The topological polar surface area (TPSA) is 89.8 Å². The van der Waals surface area contributed by atoms with Gasteiger partial charge in [-0.1, -0.05) is 0 Å². The van der Waals surface area contributed by atoms with E-state index in [-0.39, 0.29) is 11.8 Å². The monoisotopic (exact) mass is 455 g/mol. The number of methoxy groups -OCH3 is 3. The van der Waals surface area contributed by atoms with E-state index in [9.17, 15) is 4.79 Å². The van der Waals surface area contributed by atoms with E-state index in [1.807, 2.05) is 18.2 Å². The van der Waals surface area contributed by atoms with Crippen LogP contribution in [0.5, 0.6) is 17.2 Å². The molecule has 2 aromatic heterocycles. The summed E-state index contributed by atoms with van der Waals surface area (Å²) in [6.07, 6.45) is 0. The third kappa shape index (κ3) is 2.90. The number of ether oxygens (including phenoxy) is 3. The minimum Gasteiger partial charge on any atom is -0.493 e. The maximum atomic E-state index is 13.6. The van der Waals surface area contributed by atoms with E-state index in [4.69, 9.17) is 30.2 Å². The predicted octanol–water partition coefficient (Wildman–Crippen LogP) is 4.63. The van der Waals surface area contributed by atoms with Crippen molar-refractivity contribution in [2.75, 3.05) is 38.7 Å². The molecule has 3 heterocycles. The van der Waals surface area contributed by atoms with Gasteiger partial charge in [-0.3, -0.25) is 4.79 Å². The summed E-state index contributed by atoms with van der Waals surface area (Å²) < 4.78 is 22.1. The van der Waals surface area contributed by atoms with Crippen LogP contribution in [0.3, 0.4) is 0 Å². The minimum absolute atomic E-state index is 0.0390. The van der Waals surface area contributed by atoms with Gasteiger partial charge in [0, 0.05) is 36.2 Å². The lowest BCUT2D eigenvalue weighted by Crippen LogP contribution is -2.30. The number of hydrogen-bond donors (Lipinski definition) is 1. The summed E-state index contributed by atoms with van der Waals surface area (Å²) in [5.74, 6) is 2.19. The van der Waals surface area contributed by atoms with Crippen LogP contribution in [-0.4, -0.2) is 49.6 Å². The Kier molecular flexibility index (Phi) is 4.89. The van der Waals surface area contributed by atoms with Crippen molar-refractivity contribution in [3.05, 3.63) is 41.4 Å². The minimum atomic E-state index is -0.172. The number of rotatable bonds is 5. The van der Waals surface area contributed by atoms with Crippen LogP contribution in [0.15, 0.2) is 28.7 Å². The van der Waals surface area contributed by atoms with Crippen LogP contribution in [0.2, 0.25) is 0 Å². The van der Waals surface area contributed by atoms with E-state index in [0.717, 1.165) is 22.2 Å². The number of carbonyl (C=O) groups is 1. The number of alkyl halides is 1. The first-order chi connectivity index (χ1) is 15.5. The molecule has 1 aliphatic rings. The molecular formula is C23H22ClN3O5. The Balaban J connectivity index is 1.62. The summed E-state index contributed by atoms with van der Waals surface area (Å²) in [4.78, 5) is 23.1. The van der Waals surface area contributed by atoms with Crippen LogP contribution in [0.25, 0.3) is 22.0 Å². The zero-order valence-corrected chi connectivity index (χ0v) is 18.9. The lowest BCUT2D eigenvalue weighted by atomic mass is 10.0. The zero-order chi connectivity index (χ0) is 22.6. The standard InChI is InChI=1S/C23H22ClN3O5/c1-11-25-20-16(32-11)6-5-15-18(20)13(9-24)10-27(15)23(28)14-7-12-8-17(29-2)21(30-3)22(31-4)19(12)26-14/h5-8,13,26H,9-10H2,1-4H3. The van der Waals surface area contributed by atoms with Crippen molar-refractivity contribution in [1.82, 2.24) is 9.97 Å². The molecule has 9 heteroatoms. The smallest absolute Gasteiger partial charge is 0.274 e. The average Bonchev–Trinajstić information content (AvgIpc) is 3.50. The van der Waals surface area contributed by atoms with Gasteiger partial charge in [0.05, 0.1) is 32.5 Å². The third-order valence-corrected chi connectivity index (χ3v) is 6.24. The maximum Gasteiger partial charge on any atom is 0.274 e. The molecule has 4 aromatic rings. The van der Waals surface area contributed by atoms with E-state index in [1.165, 1.54) is 0 Å². The zero-order valence-electron chi connectivity index (χ0n) is 18.1. The van der Waals surface area contributed by atoms with Gasteiger partial charge in [-0.25, -0.2) is 4.98 Å². The highest BCUT2D eigenvalue weighted by Gasteiger charge is 2.36. The largest absolute Gasteiger partial charge is 0.493 e. The summed E-state index contributed by atoms with van der Waals surface area (Å²) in [5, 5.41) is 0.777. The number of aromatic amines is 1. The van der Waals surface area contributed by atoms with Gasteiger partial charge in [0.1, 0.15) is 11.2 Å². The Morgan fingerprint density at radius 3 is 2.69 bits per heavy atom. The lowest BCUT2D eigenvalue weighted by Gasteiger charge is -2.16. The number of nitrogens with zero attached hydrogens (tertiary/aromatic N) is 2. The fraction of sp³-hybridized carbons (Fsp3) is 0.304. The van der Waals surface area contributed by atoms with Crippen molar-refractivity contribution in [2.45, 2.75) is 12.8 Å². The predicted molar refractivity (Wildman–Crippen MR) is 122 cm³/mol. The Bertz CT molecular complexity index is 1360. The second-order valence-corrected chi connectivity index (χ2v) is 7.95. The number of halogens is 1. The first-order valence-corrected chi connectivity index (χ1v) is 10.6. The van der Waals surface area contributed by atoms with E-state index in [1.54, 1.807) is 39.2 Å². The van der Waals surface area contributed by atoms with Gasteiger partial charge in [0.15, 0.2) is 23.0 Å². The van der Waals surface area contributed by atoms with Crippen molar-refractivity contribution in [3.8, 4) is 17.2 Å². The number of carbonyl (C=O) groups excluding carboxylic acids is 1. The quantitative estimate of drug-likeness (QED) is 0.441. The second kappa shape index (κ2) is 7.63. The molecule has 5 rings (SSSR count). The molecule has 2 aromatic carbocycles. The Morgan fingerprint density at radius 1 is 1.22 bits per heavy atom. The fourth-order valence-corrected chi connectivity index (χ4v) is 4.74. The Morgan fingerprint density at radius 2 is 2.00 bits per heavy atom. The summed E-state index contributed by atoms with van der Waals surface area (Å²) in [5.41, 5.74) is 4.27. The van der Waals surface area contributed by atoms with Crippen molar-refractivity contribution in [1.29, 1.82) is 0 Å². The highest BCUT2D eigenvalue weighted by molar-refractivity contribution is 6.19. The molecule has 1 unspecified atom stereocenters. The number of H-pyrrole nitrogens is 1. The fourth-order valence-electron chi connectivity index (χ4n) is 4.49. The Hall–Kier alpha value is -3.39. The lowest BCUT2D eigenvalue weighted by molar-refractivity contribution is 0.0984. The Labute approximate surface area is 189 Å². The molecular weight excluding hydrogens is 434 g/mol. The van der Waals surface area contributed by atoms with Gasteiger partial charge in [-0.15, -0.1) is 11.6 Å². The first-order valence-electron chi connectivity index (χ1n) is 10.1. The number of aryl methyl sites for hydroxylation is 1. The van der Waals surface area contributed by atoms with Crippen LogP contribution < -0.4 is 19.1 Å². The molecule has 32 heavy (non-hydrogen) atoms. The average molecular weight is 456 g/mol. The maximum absolute atomic E-state index is 13.6. The molecule has 1 amide bonds. The van der Waals surface area contributed by atoms with Gasteiger partial charge >= 0.3 is 0 Å². The number of hydrogen-bond acceptors (Lipinski definition) is 6. The molecule has 0 spiro atoms. The number of aromatic nitrogens is 2. The molecule has 1 atom stereocenters. The number of amides is 1. The van der Waals surface area contributed by atoms with Crippen molar-refractivity contribution < 1.29 is 23.4 Å². The van der Waals surface area contributed by atoms with E-state index in [2.05, 4.69) is 9.97 Å². The van der Waals surface area contributed by atoms with Crippen LogP contribution in [0.1, 0.15) is 27.9 Å². The first kappa shape index (κ1) is 20.5. The molecule has 0 saturated carbocycles. The van der Waals surface area contributed by atoms with E-state index < -0.39 is 0 Å². The summed E-state index contributed by atoms with van der Waals surface area (Å²) in [6, 6.07) is 7.33.